The van der Waals surface area contributed by atoms with Crippen LogP contribution in [0.25, 0.3) is 0 Å². The number of carbonyl (C=O) groups excluding carboxylic acids is 1. The van der Waals surface area contributed by atoms with Gasteiger partial charge in [0.1, 0.15) is 0 Å². The molecule has 2 aromatic rings. The Bertz CT molecular complexity index is 702. The Kier molecular flexibility index (Phi) is 7.06. The Labute approximate surface area is 160 Å². The molecule has 1 aliphatic rings. The van der Waals surface area contributed by atoms with Gasteiger partial charge in [-0.15, -0.1) is 0 Å². The first-order valence-corrected chi connectivity index (χ1v) is 9.48. The second-order valence-electron chi connectivity index (χ2n) is 6.49. The van der Waals surface area contributed by atoms with Crippen molar-refractivity contribution in [3.8, 4) is 0 Å². The minimum atomic E-state index is -0.0479. The van der Waals surface area contributed by atoms with Crippen LogP contribution in [0.15, 0.2) is 54.6 Å². The molecule has 1 saturated heterocycles. The van der Waals surface area contributed by atoms with Crippen LogP contribution >= 0.6 is 11.6 Å². The number of benzene rings is 2. The fourth-order valence-electron chi connectivity index (χ4n) is 3.29. The smallest absolute Gasteiger partial charge is 0.220 e. The van der Waals surface area contributed by atoms with Crippen molar-refractivity contribution >= 4 is 17.5 Å². The lowest BCUT2D eigenvalue weighted by Crippen LogP contribution is -2.41. The summed E-state index contributed by atoms with van der Waals surface area (Å²) in [5.74, 6) is 0.000295. The summed E-state index contributed by atoms with van der Waals surface area (Å²) in [5.41, 5.74) is 2.09. The topological polar surface area (TPSA) is 41.6 Å². The van der Waals surface area contributed by atoms with Crippen molar-refractivity contribution in [1.82, 2.24) is 10.2 Å². The molecule has 0 aliphatic carbocycles. The Balaban J connectivity index is 1.62. The minimum absolute atomic E-state index is 0.0479. The molecular formula is C21H25ClN2O2. The zero-order valence-corrected chi connectivity index (χ0v) is 15.6. The molecule has 4 nitrogen and oxygen atoms in total. The van der Waals surface area contributed by atoms with E-state index in [9.17, 15) is 4.79 Å². The molecule has 1 amide bonds. The van der Waals surface area contributed by atoms with Gasteiger partial charge in [-0.1, -0.05) is 60.1 Å². The molecule has 26 heavy (non-hydrogen) atoms. The maximum absolute atomic E-state index is 12.6. The minimum Gasteiger partial charge on any atom is -0.379 e. The van der Waals surface area contributed by atoms with Crippen LogP contribution in [-0.4, -0.2) is 50.2 Å². The van der Waals surface area contributed by atoms with E-state index >= 15 is 0 Å². The van der Waals surface area contributed by atoms with Gasteiger partial charge in [0.05, 0.1) is 13.2 Å². The average molecular weight is 373 g/mol. The van der Waals surface area contributed by atoms with Crippen molar-refractivity contribution in [3.63, 3.8) is 0 Å². The Hall–Kier alpha value is -1.88. The van der Waals surface area contributed by atoms with E-state index in [1.807, 2.05) is 42.5 Å². The first kappa shape index (κ1) is 18.9. The highest BCUT2D eigenvalue weighted by atomic mass is 35.5. The third kappa shape index (κ3) is 5.31. The van der Waals surface area contributed by atoms with Gasteiger partial charge >= 0.3 is 0 Å². The number of ether oxygens (including phenoxy) is 1. The Morgan fingerprint density at radius 1 is 1.08 bits per heavy atom. The molecule has 0 aromatic heterocycles. The van der Waals surface area contributed by atoms with E-state index in [1.165, 1.54) is 0 Å². The highest BCUT2D eigenvalue weighted by molar-refractivity contribution is 6.31. The van der Waals surface area contributed by atoms with Crippen LogP contribution < -0.4 is 5.32 Å². The molecule has 1 N–H and O–H groups in total. The zero-order valence-electron chi connectivity index (χ0n) is 14.9. The molecule has 0 spiro atoms. The third-order valence-electron chi connectivity index (χ3n) is 4.73. The molecule has 138 valence electrons. The number of amides is 1. The molecule has 0 radical (unpaired) electrons. The molecule has 3 rings (SSSR count). The van der Waals surface area contributed by atoms with Crippen molar-refractivity contribution in [3.05, 3.63) is 70.7 Å². The quantitative estimate of drug-likeness (QED) is 0.810. The second kappa shape index (κ2) is 9.72. The van der Waals surface area contributed by atoms with E-state index in [-0.39, 0.29) is 11.8 Å². The van der Waals surface area contributed by atoms with Gasteiger partial charge in [0, 0.05) is 43.5 Å². The molecule has 1 atom stereocenters. The van der Waals surface area contributed by atoms with E-state index in [1.54, 1.807) is 0 Å². The molecule has 0 saturated carbocycles. The normalized spacial score (nSPS) is 16.2. The average Bonchev–Trinajstić information content (AvgIpc) is 2.68. The predicted molar refractivity (Wildman–Crippen MR) is 105 cm³/mol. The third-order valence-corrected chi connectivity index (χ3v) is 5.07. The number of nitrogens with zero attached hydrogens (tertiary/aromatic N) is 1. The van der Waals surface area contributed by atoms with Crippen LogP contribution in [0.1, 0.15) is 23.5 Å². The van der Waals surface area contributed by atoms with E-state index in [4.69, 9.17) is 16.3 Å². The standard InChI is InChI=1S/C21H25ClN2O2/c22-20-9-5-4-8-18(20)19(17-6-2-1-3-7-17)16-21(25)23-10-11-24-12-14-26-15-13-24/h1-9,19H,10-16H2,(H,23,25)/t19-/m0/s1. The van der Waals surface area contributed by atoms with Crippen LogP contribution in [0.3, 0.4) is 0 Å². The number of carbonyl (C=O) groups is 1. The van der Waals surface area contributed by atoms with Crippen LogP contribution in [0, 0.1) is 0 Å². The molecule has 1 fully saturated rings. The van der Waals surface area contributed by atoms with Crippen LogP contribution in [0.2, 0.25) is 5.02 Å². The molecule has 1 heterocycles. The lowest BCUT2D eigenvalue weighted by molar-refractivity contribution is -0.121. The van der Waals surface area contributed by atoms with Crippen molar-refractivity contribution in [2.45, 2.75) is 12.3 Å². The highest BCUT2D eigenvalue weighted by Crippen LogP contribution is 2.32. The van der Waals surface area contributed by atoms with E-state index in [0.717, 1.165) is 44.0 Å². The zero-order chi connectivity index (χ0) is 18.2. The number of hydrogen-bond donors (Lipinski definition) is 1. The predicted octanol–water partition coefficient (Wildman–Crippen LogP) is 3.31. The lowest BCUT2D eigenvalue weighted by Gasteiger charge is -2.26. The molecule has 0 bridgehead atoms. The molecule has 0 unspecified atom stereocenters. The van der Waals surface area contributed by atoms with E-state index in [0.29, 0.717) is 18.0 Å². The molecule has 5 heteroatoms. The summed E-state index contributed by atoms with van der Waals surface area (Å²) in [6.07, 6.45) is 0.386. The largest absolute Gasteiger partial charge is 0.379 e. The fourth-order valence-corrected chi connectivity index (χ4v) is 3.55. The van der Waals surface area contributed by atoms with Gasteiger partial charge in [0.2, 0.25) is 5.91 Å². The summed E-state index contributed by atoms with van der Waals surface area (Å²) in [4.78, 5) is 14.9. The van der Waals surface area contributed by atoms with Crippen molar-refractivity contribution in [2.24, 2.45) is 0 Å². The van der Waals surface area contributed by atoms with E-state index < -0.39 is 0 Å². The van der Waals surface area contributed by atoms with Gasteiger partial charge in [-0.3, -0.25) is 9.69 Å². The first-order valence-electron chi connectivity index (χ1n) is 9.10. The highest BCUT2D eigenvalue weighted by Gasteiger charge is 2.20. The van der Waals surface area contributed by atoms with Gasteiger partial charge in [0.25, 0.3) is 0 Å². The summed E-state index contributed by atoms with van der Waals surface area (Å²) >= 11 is 6.41. The first-order chi connectivity index (χ1) is 12.7. The van der Waals surface area contributed by atoms with Crippen molar-refractivity contribution in [2.75, 3.05) is 39.4 Å². The number of hydrogen-bond acceptors (Lipinski definition) is 3. The summed E-state index contributed by atoms with van der Waals surface area (Å²) in [6, 6.07) is 17.8. The summed E-state index contributed by atoms with van der Waals surface area (Å²) < 4.78 is 5.35. The van der Waals surface area contributed by atoms with Gasteiger partial charge in [0.15, 0.2) is 0 Å². The summed E-state index contributed by atoms with van der Waals surface area (Å²) in [5, 5.41) is 3.75. The Morgan fingerprint density at radius 3 is 2.50 bits per heavy atom. The van der Waals surface area contributed by atoms with Crippen LogP contribution in [0.5, 0.6) is 0 Å². The molecular weight excluding hydrogens is 348 g/mol. The fraction of sp³-hybridized carbons (Fsp3) is 0.381. The van der Waals surface area contributed by atoms with Gasteiger partial charge in [-0.05, 0) is 17.2 Å². The number of rotatable bonds is 7. The summed E-state index contributed by atoms with van der Waals surface area (Å²) in [7, 11) is 0. The SMILES string of the molecule is O=C(C[C@@H](c1ccccc1)c1ccccc1Cl)NCCN1CCOCC1. The van der Waals surface area contributed by atoms with Gasteiger partial charge in [-0.25, -0.2) is 0 Å². The van der Waals surface area contributed by atoms with Crippen molar-refractivity contribution < 1.29 is 9.53 Å². The summed E-state index contributed by atoms with van der Waals surface area (Å²) in [6.45, 7) is 4.93. The molecule has 2 aromatic carbocycles. The maximum Gasteiger partial charge on any atom is 0.220 e. The molecule has 1 aliphatic heterocycles. The van der Waals surface area contributed by atoms with Crippen LogP contribution in [0.4, 0.5) is 0 Å². The maximum atomic E-state index is 12.6. The lowest BCUT2D eigenvalue weighted by atomic mass is 9.88. The van der Waals surface area contributed by atoms with Crippen molar-refractivity contribution in [1.29, 1.82) is 0 Å². The number of nitrogens with one attached hydrogen (secondary N) is 1. The Morgan fingerprint density at radius 2 is 1.77 bits per heavy atom. The second-order valence-corrected chi connectivity index (χ2v) is 6.90. The van der Waals surface area contributed by atoms with Gasteiger partial charge in [-0.2, -0.15) is 0 Å². The van der Waals surface area contributed by atoms with E-state index in [2.05, 4.69) is 22.3 Å². The number of morpholine rings is 1. The van der Waals surface area contributed by atoms with Gasteiger partial charge < -0.3 is 10.1 Å². The number of halogens is 1. The monoisotopic (exact) mass is 372 g/mol. The van der Waals surface area contributed by atoms with Crippen LogP contribution in [-0.2, 0) is 9.53 Å².